The lowest BCUT2D eigenvalue weighted by molar-refractivity contribution is 0.102. The van der Waals surface area contributed by atoms with Gasteiger partial charge in [0.1, 0.15) is 27.7 Å². The summed E-state index contributed by atoms with van der Waals surface area (Å²) in [5.74, 6) is -1.30. The van der Waals surface area contributed by atoms with Gasteiger partial charge in [-0.25, -0.2) is 12.8 Å². The molecule has 0 saturated heterocycles. The standard InChI is InChI=1S/C23H15Cl3FN3O4S/c1-12-20(22(29-34-12)21-16(26)6-4-7-17(21)27)23(31)28-13-9-10-15(25)19(11-13)35(32,33)30-18-8-3-2-5-14(18)24/h2-11,30H,1H3,(H,28,31). The first-order chi connectivity index (χ1) is 16.6. The number of aryl methyl sites for hydroxylation is 1. The maximum atomic E-state index is 14.5. The van der Waals surface area contributed by atoms with Crippen molar-refractivity contribution in [2.24, 2.45) is 0 Å². The number of rotatable bonds is 6. The Balaban J connectivity index is 1.67. The van der Waals surface area contributed by atoms with Crippen molar-refractivity contribution in [3.05, 3.63) is 92.9 Å². The highest BCUT2D eigenvalue weighted by Crippen LogP contribution is 2.34. The normalized spacial score (nSPS) is 11.3. The van der Waals surface area contributed by atoms with Crippen molar-refractivity contribution in [1.82, 2.24) is 5.16 Å². The lowest BCUT2D eigenvalue weighted by Crippen LogP contribution is -2.16. The minimum absolute atomic E-state index is 0.0397. The van der Waals surface area contributed by atoms with Crippen LogP contribution in [0.15, 0.2) is 70.1 Å². The predicted octanol–water partition coefficient (Wildman–Crippen LogP) is 6.80. The Bertz CT molecular complexity index is 1540. The quantitative estimate of drug-likeness (QED) is 0.273. The minimum Gasteiger partial charge on any atom is -0.360 e. The molecule has 7 nitrogen and oxygen atoms in total. The fourth-order valence-corrected chi connectivity index (χ4v) is 5.36. The first kappa shape index (κ1) is 25.0. The molecule has 35 heavy (non-hydrogen) atoms. The van der Waals surface area contributed by atoms with Gasteiger partial charge in [0.15, 0.2) is 0 Å². The largest absolute Gasteiger partial charge is 0.360 e. The molecule has 4 aromatic rings. The molecule has 0 saturated carbocycles. The van der Waals surface area contributed by atoms with Gasteiger partial charge in [0.25, 0.3) is 15.9 Å². The molecular formula is C23H15Cl3FN3O4S. The summed E-state index contributed by atoms with van der Waals surface area (Å²) in [5.41, 5.74) is 0.00612. The van der Waals surface area contributed by atoms with Gasteiger partial charge in [0.2, 0.25) is 0 Å². The summed E-state index contributed by atoms with van der Waals surface area (Å²) in [6.07, 6.45) is 0. The average molecular weight is 555 g/mol. The summed E-state index contributed by atoms with van der Waals surface area (Å²) >= 11 is 18.3. The molecule has 0 fully saturated rings. The second-order valence-corrected chi connectivity index (χ2v) is 10.1. The third-order valence-electron chi connectivity index (χ3n) is 4.89. The Morgan fingerprint density at radius 1 is 0.971 bits per heavy atom. The first-order valence-corrected chi connectivity index (χ1v) is 12.5. The van der Waals surface area contributed by atoms with E-state index in [4.69, 9.17) is 39.3 Å². The average Bonchev–Trinajstić information content (AvgIpc) is 3.17. The summed E-state index contributed by atoms with van der Waals surface area (Å²) in [7, 11) is -4.16. The lowest BCUT2D eigenvalue weighted by atomic mass is 10.0. The minimum atomic E-state index is -4.16. The Labute approximate surface area is 214 Å². The Kier molecular flexibility index (Phi) is 7.05. The second-order valence-electron chi connectivity index (χ2n) is 7.24. The van der Waals surface area contributed by atoms with E-state index in [0.29, 0.717) is 0 Å². The van der Waals surface area contributed by atoms with Crippen LogP contribution >= 0.6 is 34.8 Å². The number of anilines is 2. The molecule has 0 aliphatic heterocycles. The van der Waals surface area contributed by atoms with E-state index < -0.39 is 21.7 Å². The van der Waals surface area contributed by atoms with Gasteiger partial charge in [0, 0.05) is 5.69 Å². The molecule has 0 radical (unpaired) electrons. The van der Waals surface area contributed by atoms with Crippen LogP contribution < -0.4 is 10.0 Å². The molecule has 2 N–H and O–H groups in total. The summed E-state index contributed by atoms with van der Waals surface area (Å²) in [4.78, 5) is 12.8. The fraction of sp³-hybridized carbons (Fsp3) is 0.0435. The maximum absolute atomic E-state index is 14.5. The second kappa shape index (κ2) is 9.87. The van der Waals surface area contributed by atoms with E-state index in [1.54, 1.807) is 12.1 Å². The molecule has 1 aromatic heterocycles. The zero-order valence-corrected chi connectivity index (χ0v) is 20.9. The van der Waals surface area contributed by atoms with Crippen molar-refractivity contribution < 1.29 is 22.1 Å². The van der Waals surface area contributed by atoms with Crippen LogP contribution in [0.1, 0.15) is 16.1 Å². The van der Waals surface area contributed by atoms with Crippen LogP contribution in [0.3, 0.4) is 0 Å². The van der Waals surface area contributed by atoms with Crippen LogP contribution in [-0.2, 0) is 10.0 Å². The van der Waals surface area contributed by atoms with E-state index in [1.165, 1.54) is 55.5 Å². The van der Waals surface area contributed by atoms with Gasteiger partial charge in [-0.05, 0) is 49.4 Å². The molecule has 0 aliphatic carbocycles. The number of hydrogen-bond donors (Lipinski definition) is 2. The van der Waals surface area contributed by atoms with Gasteiger partial charge in [-0.1, -0.05) is 58.2 Å². The molecule has 1 amide bonds. The number of nitrogens with one attached hydrogen (secondary N) is 2. The van der Waals surface area contributed by atoms with Crippen molar-refractivity contribution in [3.8, 4) is 11.3 Å². The number of carbonyl (C=O) groups is 1. The molecule has 0 bridgehead atoms. The molecule has 0 unspecified atom stereocenters. The van der Waals surface area contributed by atoms with Crippen molar-refractivity contribution in [2.45, 2.75) is 11.8 Å². The number of nitrogens with zero attached hydrogens (tertiary/aromatic N) is 1. The van der Waals surface area contributed by atoms with Gasteiger partial charge in [-0.2, -0.15) is 0 Å². The van der Waals surface area contributed by atoms with Gasteiger partial charge >= 0.3 is 0 Å². The van der Waals surface area contributed by atoms with E-state index in [-0.39, 0.29) is 53.9 Å². The summed E-state index contributed by atoms with van der Waals surface area (Å²) in [6.45, 7) is 1.48. The molecule has 180 valence electrons. The summed E-state index contributed by atoms with van der Waals surface area (Å²) < 4.78 is 47.9. The number of benzene rings is 3. The van der Waals surface area contributed by atoms with Crippen LogP contribution in [0.4, 0.5) is 15.8 Å². The number of carbonyl (C=O) groups excluding carboxylic acids is 1. The molecule has 0 aliphatic rings. The number of halogens is 4. The monoisotopic (exact) mass is 553 g/mol. The van der Waals surface area contributed by atoms with Gasteiger partial charge < -0.3 is 9.84 Å². The SMILES string of the molecule is Cc1onc(-c2c(F)cccc2Cl)c1C(=O)Nc1ccc(Cl)c(S(=O)(=O)Nc2ccccc2Cl)c1. The summed E-state index contributed by atoms with van der Waals surface area (Å²) in [5, 5.41) is 6.52. The number of para-hydroxylation sites is 1. The van der Waals surface area contributed by atoms with Crippen LogP contribution in [0.5, 0.6) is 0 Å². The highest BCUT2D eigenvalue weighted by atomic mass is 35.5. The smallest absolute Gasteiger partial charge is 0.263 e. The number of hydrogen-bond acceptors (Lipinski definition) is 5. The number of amides is 1. The topological polar surface area (TPSA) is 101 Å². The number of aromatic nitrogens is 1. The maximum Gasteiger partial charge on any atom is 0.263 e. The number of sulfonamides is 1. The Morgan fingerprint density at radius 2 is 1.69 bits per heavy atom. The lowest BCUT2D eigenvalue weighted by Gasteiger charge is -2.13. The molecular weight excluding hydrogens is 540 g/mol. The van der Waals surface area contributed by atoms with Gasteiger partial charge in [-0.15, -0.1) is 0 Å². The molecule has 4 rings (SSSR count). The van der Waals surface area contributed by atoms with Crippen LogP contribution in [0.25, 0.3) is 11.3 Å². The molecule has 0 spiro atoms. The first-order valence-electron chi connectivity index (χ1n) is 9.87. The van der Waals surface area contributed by atoms with Crippen LogP contribution in [0, 0.1) is 12.7 Å². The molecule has 1 heterocycles. The third-order valence-corrected chi connectivity index (χ3v) is 7.38. The van der Waals surface area contributed by atoms with E-state index in [0.717, 1.165) is 0 Å². The molecule has 12 heteroatoms. The molecule has 3 aromatic carbocycles. The van der Waals surface area contributed by atoms with Gasteiger partial charge in [-0.3, -0.25) is 9.52 Å². The van der Waals surface area contributed by atoms with Crippen molar-refractivity contribution in [3.63, 3.8) is 0 Å². The zero-order valence-electron chi connectivity index (χ0n) is 17.8. The molecule has 0 atom stereocenters. The van der Waals surface area contributed by atoms with Crippen molar-refractivity contribution in [2.75, 3.05) is 10.0 Å². The van der Waals surface area contributed by atoms with Crippen molar-refractivity contribution >= 4 is 62.1 Å². The summed E-state index contributed by atoms with van der Waals surface area (Å²) in [6, 6.07) is 14.2. The Morgan fingerprint density at radius 3 is 2.40 bits per heavy atom. The van der Waals surface area contributed by atoms with Crippen molar-refractivity contribution in [1.29, 1.82) is 0 Å². The highest BCUT2D eigenvalue weighted by Gasteiger charge is 2.26. The zero-order chi connectivity index (χ0) is 25.3. The Hall–Kier alpha value is -3.11. The van der Waals surface area contributed by atoms with E-state index in [2.05, 4.69) is 15.2 Å². The third kappa shape index (κ3) is 5.13. The fourth-order valence-electron chi connectivity index (χ4n) is 3.26. The predicted molar refractivity (Wildman–Crippen MR) is 133 cm³/mol. The van der Waals surface area contributed by atoms with Crippen LogP contribution in [-0.4, -0.2) is 19.5 Å². The van der Waals surface area contributed by atoms with E-state index in [9.17, 15) is 17.6 Å². The van der Waals surface area contributed by atoms with E-state index in [1.807, 2.05) is 0 Å². The van der Waals surface area contributed by atoms with Crippen LogP contribution in [0.2, 0.25) is 15.1 Å². The van der Waals surface area contributed by atoms with Gasteiger partial charge in [0.05, 0.1) is 26.3 Å². The van der Waals surface area contributed by atoms with E-state index >= 15 is 0 Å². The highest BCUT2D eigenvalue weighted by molar-refractivity contribution is 7.92.